The fourth-order valence-electron chi connectivity index (χ4n) is 2.00. The maximum atomic E-state index is 5.85. The van der Waals surface area contributed by atoms with Crippen molar-refractivity contribution >= 4 is 22.9 Å². The molecule has 3 aromatic rings. The van der Waals surface area contributed by atoms with Crippen molar-refractivity contribution in [2.45, 2.75) is 13.5 Å². The number of benzene rings is 1. The van der Waals surface area contributed by atoms with Crippen LogP contribution in [0.5, 0.6) is 0 Å². The lowest BCUT2D eigenvalue weighted by molar-refractivity contribution is 1.08. The number of hydrogen-bond acceptors (Lipinski definition) is 2. The van der Waals surface area contributed by atoms with Crippen LogP contribution in [0.1, 0.15) is 11.3 Å². The number of nitrogens with zero attached hydrogens (tertiary/aromatic N) is 2. The molecule has 19 heavy (non-hydrogen) atoms. The monoisotopic (exact) mass is 271 g/mol. The van der Waals surface area contributed by atoms with Crippen LogP contribution in [-0.2, 0) is 6.54 Å². The number of fused-ring (bicyclic) bond motifs is 1. The van der Waals surface area contributed by atoms with Crippen molar-refractivity contribution < 1.29 is 0 Å². The maximum absolute atomic E-state index is 5.85. The minimum atomic E-state index is 0.697. The second-order valence-corrected chi connectivity index (χ2v) is 5.00. The third kappa shape index (κ3) is 2.71. The van der Waals surface area contributed by atoms with Gasteiger partial charge in [0.25, 0.3) is 0 Å². The molecule has 1 aromatic carbocycles. The lowest BCUT2D eigenvalue weighted by Crippen LogP contribution is -1.99. The Morgan fingerprint density at radius 3 is 2.68 bits per heavy atom. The summed E-state index contributed by atoms with van der Waals surface area (Å²) in [6, 6.07) is 11.8. The summed E-state index contributed by atoms with van der Waals surface area (Å²) in [6.45, 7) is 2.77. The summed E-state index contributed by atoms with van der Waals surface area (Å²) in [5.74, 6) is 0. The Kier molecular flexibility index (Phi) is 3.13. The van der Waals surface area contributed by atoms with Gasteiger partial charge in [-0.2, -0.15) is 0 Å². The van der Waals surface area contributed by atoms with Crippen LogP contribution in [-0.4, -0.2) is 9.38 Å². The molecule has 0 aliphatic heterocycles. The van der Waals surface area contributed by atoms with Crippen LogP contribution in [0.15, 0.2) is 48.8 Å². The molecule has 0 amide bonds. The van der Waals surface area contributed by atoms with Crippen LogP contribution in [0.4, 0.5) is 5.69 Å². The number of anilines is 1. The van der Waals surface area contributed by atoms with Gasteiger partial charge in [-0.05, 0) is 42.8 Å². The summed E-state index contributed by atoms with van der Waals surface area (Å²) >= 11 is 5.85. The predicted molar refractivity (Wildman–Crippen MR) is 78.7 cm³/mol. The van der Waals surface area contributed by atoms with Crippen molar-refractivity contribution in [2.24, 2.45) is 0 Å². The lowest BCUT2D eigenvalue weighted by atomic mass is 10.3. The smallest absolute Gasteiger partial charge is 0.137 e. The van der Waals surface area contributed by atoms with Gasteiger partial charge in [-0.15, -0.1) is 0 Å². The maximum Gasteiger partial charge on any atom is 0.137 e. The van der Waals surface area contributed by atoms with E-state index < -0.39 is 0 Å². The number of imidazole rings is 1. The molecule has 3 rings (SSSR count). The molecular weight excluding hydrogens is 258 g/mol. The highest BCUT2D eigenvalue weighted by Crippen LogP contribution is 2.14. The number of rotatable bonds is 3. The molecule has 0 spiro atoms. The van der Waals surface area contributed by atoms with E-state index in [-0.39, 0.29) is 0 Å². The molecule has 0 aliphatic carbocycles. The van der Waals surface area contributed by atoms with Crippen molar-refractivity contribution in [1.29, 1.82) is 0 Å². The highest BCUT2D eigenvalue weighted by molar-refractivity contribution is 6.30. The fraction of sp³-hybridized carbons (Fsp3) is 0.133. The third-order valence-corrected chi connectivity index (χ3v) is 3.22. The topological polar surface area (TPSA) is 29.3 Å². The molecule has 4 heteroatoms. The minimum absolute atomic E-state index is 0.697. The van der Waals surface area contributed by atoms with Gasteiger partial charge in [0.1, 0.15) is 5.65 Å². The molecule has 0 bridgehead atoms. The van der Waals surface area contributed by atoms with E-state index in [1.54, 1.807) is 0 Å². The summed E-state index contributed by atoms with van der Waals surface area (Å²) in [6.07, 6.45) is 4.12. The standard InChI is InChI=1S/C15H14ClN3/c1-11-2-7-15-18-14(10-19(15)9-11)8-17-13-5-3-12(16)4-6-13/h2-7,9-10,17H,8H2,1H3. The first kappa shape index (κ1) is 12.1. The normalized spacial score (nSPS) is 10.8. The number of hydrogen-bond donors (Lipinski definition) is 1. The molecule has 2 heterocycles. The fourth-order valence-corrected chi connectivity index (χ4v) is 2.13. The molecule has 0 fully saturated rings. The number of halogens is 1. The van der Waals surface area contributed by atoms with E-state index >= 15 is 0 Å². The predicted octanol–water partition coefficient (Wildman–Crippen LogP) is 3.91. The Labute approximate surface area is 116 Å². The molecular formula is C15H14ClN3. The van der Waals surface area contributed by atoms with Crippen molar-refractivity contribution in [3.05, 3.63) is 65.1 Å². The Morgan fingerprint density at radius 2 is 1.89 bits per heavy atom. The summed E-state index contributed by atoms with van der Waals surface area (Å²) in [5, 5.41) is 4.07. The van der Waals surface area contributed by atoms with Gasteiger partial charge in [0.15, 0.2) is 0 Å². The molecule has 0 radical (unpaired) electrons. The van der Waals surface area contributed by atoms with Crippen molar-refractivity contribution in [1.82, 2.24) is 9.38 Å². The van der Waals surface area contributed by atoms with Crippen LogP contribution in [0.2, 0.25) is 5.02 Å². The second-order valence-electron chi connectivity index (χ2n) is 4.56. The summed E-state index contributed by atoms with van der Waals surface area (Å²) in [7, 11) is 0. The van der Waals surface area contributed by atoms with Gasteiger partial charge < -0.3 is 9.72 Å². The molecule has 3 nitrogen and oxygen atoms in total. The number of nitrogens with one attached hydrogen (secondary N) is 1. The Bertz CT molecular complexity index is 701. The van der Waals surface area contributed by atoms with Crippen LogP contribution in [0.25, 0.3) is 5.65 Å². The van der Waals surface area contributed by atoms with E-state index in [2.05, 4.69) is 29.5 Å². The van der Waals surface area contributed by atoms with Crippen molar-refractivity contribution in [3.8, 4) is 0 Å². The Hall–Kier alpha value is -2.00. The van der Waals surface area contributed by atoms with Crippen molar-refractivity contribution in [2.75, 3.05) is 5.32 Å². The van der Waals surface area contributed by atoms with Gasteiger partial charge in [0.2, 0.25) is 0 Å². The zero-order valence-corrected chi connectivity index (χ0v) is 11.4. The number of pyridine rings is 1. The van der Waals surface area contributed by atoms with Gasteiger partial charge in [0, 0.05) is 23.1 Å². The second kappa shape index (κ2) is 4.94. The van der Waals surface area contributed by atoms with Crippen LogP contribution in [0.3, 0.4) is 0 Å². The number of aromatic nitrogens is 2. The molecule has 1 N–H and O–H groups in total. The summed E-state index contributed by atoms with van der Waals surface area (Å²) in [4.78, 5) is 4.56. The molecule has 0 saturated heterocycles. The minimum Gasteiger partial charge on any atom is -0.379 e. The first-order valence-corrected chi connectivity index (χ1v) is 6.52. The zero-order valence-electron chi connectivity index (χ0n) is 10.6. The quantitative estimate of drug-likeness (QED) is 0.783. The van der Waals surface area contributed by atoms with Gasteiger partial charge in [-0.3, -0.25) is 0 Å². The van der Waals surface area contributed by atoms with Crippen LogP contribution < -0.4 is 5.32 Å². The van der Waals surface area contributed by atoms with Crippen molar-refractivity contribution in [3.63, 3.8) is 0 Å². The van der Waals surface area contributed by atoms with Gasteiger partial charge >= 0.3 is 0 Å². The van der Waals surface area contributed by atoms with E-state index in [9.17, 15) is 0 Å². The molecule has 0 atom stereocenters. The van der Waals surface area contributed by atoms with E-state index in [1.165, 1.54) is 5.56 Å². The van der Waals surface area contributed by atoms with Crippen LogP contribution in [0, 0.1) is 6.92 Å². The molecule has 2 aromatic heterocycles. The Balaban J connectivity index is 1.76. The molecule has 0 aliphatic rings. The number of aryl methyl sites for hydroxylation is 1. The van der Waals surface area contributed by atoms with E-state index in [4.69, 9.17) is 11.6 Å². The van der Waals surface area contributed by atoms with Gasteiger partial charge in [-0.1, -0.05) is 17.7 Å². The zero-order chi connectivity index (χ0) is 13.2. The molecule has 96 valence electrons. The van der Waals surface area contributed by atoms with E-state index in [0.29, 0.717) is 6.54 Å². The average Bonchev–Trinajstić information content (AvgIpc) is 2.80. The van der Waals surface area contributed by atoms with Gasteiger partial charge in [0.05, 0.1) is 12.2 Å². The highest BCUT2D eigenvalue weighted by atomic mass is 35.5. The average molecular weight is 272 g/mol. The lowest BCUT2D eigenvalue weighted by Gasteiger charge is -2.03. The molecule has 0 saturated carbocycles. The van der Waals surface area contributed by atoms with Gasteiger partial charge in [-0.25, -0.2) is 4.98 Å². The van der Waals surface area contributed by atoms with Crippen LogP contribution >= 0.6 is 11.6 Å². The Morgan fingerprint density at radius 1 is 1.11 bits per heavy atom. The first-order chi connectivity index (χ1) is 9.20. The summed E-state index contributed by atoms with van der Waals surface area (Å²) < 4.78 is 2.05. The SMILES string of the molecule is Cc1ccc2nc(CNc3ccc(Cl)cc3)cn2c1. The highest BCUT2D eigenvalue weighted by Gasteiger charge is 2.01. The third-order valence-electron chi connectivity index (χ3n) is 2.97. The molecule has 0 unspecified atom stereocenters. The summed E-state index contributed by atoms with van der Waals surface area (Å²) in [5.41, 5.74) is 4.25. The van der Waals surface area contributed by atoms with E-state index in [1.807, 2.05) is 40.9 Å². The first-order valence-electron chi connectivity index (χ1n) is 6.14. The largest absolute Gasteiger partial charge is 0.379 e. The van der Waals surface area contributed by atoms with E-state index in [0.717, 1.165) is 22.1 Å².